The lowest BCUT2D eigenvalue weighted by Gasteiger charge is -2.16. The number of hydrogen-bond donors (Lipinski definition) is 1. The summed E-state index contributed by atoms with van der Waals surface area (Å²) in [5, 5.41) is 17.3. The Hall–Kier alpha value is -1.24. The van der Waals surface area contributed by atoms with Crippen LogP contribution in [0, 0.1) is 17.4 Å². The number of carboxylic acid groups (broad SMARTS) is 1. The van der Waals surface area contributed by atoms with Gasteiger partial charge < -0.3 is 5.11 Å². The normalized spacial score (nSPS) is 39.5. The van der Waals surface area contributed by atoms with Crippen LogP contribution in [0.5, 0.6) is 0 Å². The van der Waals surface area contributed by atoms with E-state index in [0.29, 0.717) is 12.3 Å². The zero-order valence-corrected chi connectivity index (χ0v) is 5.90. The number of fused-ring (bicyclic) bond motifs is 1. The molecule has 3 atom stereocenters. The van der Waals surface area contributed by atoms with Crippen molar-refractivity contribution in [1.82, 2.24) is 4.90 Å². The SMILES string of the molecule is N#CN1C2CC2C[C@H]1C(=O)O. The number of nitrogens with zero attached hydrogens (tertiary/aromatic N) is 2. The minimum Gasteiger partial charge on any atom is -0.480 e. The largest absolute Gasteiger partial charge is 0.480 e. The van der Waals surface area contributed by atoms with Crippen molar-refractivity contribution in [2.45, 2.75) is 24.9 Å². The number of carbonyl (C=O) groups is 1. The summed E-state index contributed by atoms with van der Waals surface area (Å²) in [6.07, 6.45) is 3.61. The Morgan fingerprint density at radius 1 is 1.64 bits per heavy atom. The van der Waals surface area contributed by atoms with Crippen LogP contribution in [0.25, 0.3) is 0 Å². The number of carboxylic acids is 1. The quantitative estimate of drug-likeness (QED) is 0.538. The molecule has 2 unspecified atom stereocenters. The highest BCUT2D eigenvalue weighted by molar-refractivity contribution is 5.74. The molecule has 1 heterocycles. The Kier molecular flexibility index (Phi) is 1.10. The van der Waals surface area contributed by atoms with Crippen LogP contribution in [0.15, 0.2) is 0 Å². The van der Waals surface area contributed by atoms with Gasteiger partial charge in [0.1, 0.15) is 6.04 Å². The lowest BCUT2D eigenvalue weighted by Crippen LogP contribution is -2.35. The van der Waals surface area contributed by atoms with E-state index in [4.69, 9.17) is 10.4 Å². The fourth-order valence-electron chi connectivity index (χ4n) is 1.82. The van der Waals surface area contributed by atoms with Crippen LogP contribution >= 0.6 is 0 Å². The van der Waals surface area contributed by atoms with Gasteiger partial charge in [0.25, 0.3) is 0 Å². The molecule has 1 N–H and O–H groups in total. The molecule has 0 aromatic heterocycles. The molecular weight excluding hydrogens is 144 g/mol. The van der Waals surface area contributed by atoms with Crippen LogP contribution in [0.4, 0.5) is 0 Å². The summed E-state index contributed by atoms with van der Waals surface area (Å²) in [7, 11) is 0. The van der Waals surface area contributed by atoms with Crippen LogP contribution < -0.4 is 0 Å². The maximum Gasteiger partial charge on any atom is 0.327 e. The number of rotatable bonds is 1. The number of piperidine rings is 1. The average molecular weight is 152 g/mol. The average Bonchev–Trinajstić information content (AvgIpc) is 2.63. The molecule has 2 aliphatic rings. The second-order valence-electron chi connectivity index (χ2n) is 3.16. The highest BCUT2D eigenvalue weighted by atomic mass is 16.4. The molecule has 4 heteroatoms. The van der Waals surface area contributed by atoms with Gasteiger partial charge >= 0.3 is 5.97 Å². The van der Waals surface area contributed by atoms with E-state index in [9.17, 15) is 4.79 Å². The molecule has 1 saturated heterocycles. The van der Waals surface area contributed by atoms with Crippen LogP contribution in [-0.2, 0) is 4.79 Å². The highest BCUT2D eigenvalue weighted by Crippen LogP contribution is 2.47. The summed E-state index contributed by atoms with van der Waals surface area (Å²) < 4.78 is 0. The number of aliphatic carboxylic acids is 1. The zero-order chi connectivity index (χ0) is 8.01. The van der Waals surface area contributed by atoms with Crippen molar-refractivity contribution >= 4 is 5.97 Å². The fraction of sp³-hybridized carbons (Fsp3) is 0.714. The second-order valence-corrected chi connectivity index (χ2v) is 3.16. The minimum atomic E-state index is -0.862. The minimum absolute atomic E-state index is 0.251. The number of hydrogen-bond acceptors (Lipinski definition) is 3. The van der Waals surface area contributed by atoms with Crippen molar-refractivity contribution < 1.29 is 9.90 Å². The number of nitriles is 1. The molecule has 58 valence electrons. The molecule has 0 radical (unpaired) electrons. The van der Waals surface area contributed by atoms with E-state index >= 15 is 0 Å². The molecular formula is C7H8N2O2. The van der Waals surface area contributed by atoms with E-state index in [1.165, 1.54) is 4.90 Å². The maximum atomic E-state index is 10.5. The Balaban J connectivity index is 2.14. The van der Waals surface area contributed by atoms with Crippen LogP contribution in [0.3, 0.4) is 0 Å². The molecule has 11 heavy (non-hydrogen) atoms. The van der Waals surface area contributed by atoms with Crippen LogP contribution in [0.1, 0.15) is 12.8 Å². The fourth-order valence-corrected chi connectivity index (χ4v) is 1.82. The van der Waals surface area contributed by atoms with Gasteiger partial charge in [-0.1, -0.05) is 0 Å². The van der Waals surface area contributed by atoms with Crippen molar-refractivity contribution in [2.75, 3.05) is 0 Å². The number of likely N-dealkylation sites (tertiary alicyclic amines) is 1. The van der Waals surface area contributed by atoms with Gasteiger partial charge in [0.05, 0.1) is 0 Å². The Morgan fingerprint density at radius 2 is 2.36 bits per heavy atom. The van der Waals surface area contributed by atoms with E-state index in [0.717, 1.165) is 6.42 Å². The molecule has 0 aromatic carbocycles. The molecule has 0 spiro atoms. The van der Waals surface area contributed by atoms with Gasteiger partial charge in [-0.25, -0.2) is 4.79 Å². The monoisotopic (exact) mass is 152 g/mol. The first-order valence-corrected chi connectivity index (χ1v) is 3.65. The predicted molar refractivity (Wildman–Crippen MR) is 35.4 cm³/mol. The maximum absolute atomic E-state index is 10.5. The lowest BCUT2D eigenvalue weighted by atomic mass is 10.2. The lowest BCUT2D eigenvalue weighted by molar-refractivity contribution is -0.141. The van der Waals surface area contributed by atoms with Crippen molar-refractivity contribution in [3.63, 3.8) is 0 Å². The van der Waals surface area contributed by atoms with E-state index < -0.39 is 12.0 Å². The molecule has 0 aromatic rings. The summed E-state index contributed by atoms with van der Waals surface area (Å²) in [5.74, 6) is -0.380. The van der Waals surface area contributed by atoms with E-state index in [1.807, 2.05) is 6.19 Å². The first-order chi connectivity index (χ1) is 5.24. The first-order valence-electron chi connectivity index (χ1n) is 3.65. The third kappa shape index (κ3) is 0.773. The van der Waals surface area contributed by atoms with Gasteiger partial charge in [0.15, 0.2) is 6.19 Å². The molecule has 1 aliphatic heterocycles. The van der Waals surface area contributed by atoms with E-state index in [1.54, 1.807) is 0 Å². The van der Waals surface area contributed by atoms with Crippen LogP contribution in [0.2, 0.25) is 0 Å². The van der Waals surface area contributed by atoms with E-state index in [-0.39, 0.29) is 6.04 Å². The van der Waals surface area contributed by atoms with Gasteiger partial charge in [-0.2, -0.15) is 5.26 Å². The summed E-state index contributed by atoms with van der Waals surface area (Å²) in [6, 6.07) is -0.287. The molecule has 2 fully saturated rings. The summed E-state index contributed by atoms with van der Waals surface area (Å²) in [6.45, 7) is 0. The molecule has 4 nitrogen and oxygen atoms in total. The third-order valence-electron chi connectivity index (χ3n) is 2.50. The smallest absolute Gasteiger partial charge is 0.327 e. The zero-order valence-electron chi connectivity index (χ0n) is 5.90. The summed E-state index contributed by atoms with van der Waals surface area (Å²) in [5.41, 5.74) is 0. The standard InChI is InChI=1S/C7H8N2O2/c8-3-9-5-1-4(5)2-6(9)7(10)11/h4-6H,1-2H2,(H,10,11)/t4?,5?,6-/m0/s1. The van der Waals surface area contributed by atoms with E-state index in [2.05, 4.69) is 0 Å². The molecule has 1 saturated carbocycles. The van der Waals surface area contributed by atoms with Gasteiger partial charge in [0, 0.05) is 6.04 Å². The van der Waals surface area contributed by atoms with Crippen LogP contribution in [-0.4, -0.2) is 28.1 Å². The predicted octanol–water partition coefficient (Wildman–Crippen LogP) is 0.0149. The molecule has 1 aliphatic carbocycles. The van der Waals surface area contributed by atoms with Crippen molar-refractivity contribution in [3.05, 3.63) is 0 Å². The molecule has 0 bridgehead atoms. The van der Waals surface area contributed by atoms with Crippen molar-refractivity contribution in [1.29, 1.82) is 5.26 Å². The topological polar surface area (TPSA) is 64.3 Å². The van der Waals surface area contributed by atoms with Crippen molar-refractivity contribution in [2.24, 2.45) is 5.92 Å². The molecule has 0 amide bonds. The van der Waals surface area contributed by atoms with Gasteiger partial charge in [-0.15, -0.1) is 0 Å². The van der Waals surface area contributed by atoms with Gasteiger partial charge in [-0.05, 0) is 18.8 Å². The Morgan fingerprint density at radius 3 is 2.82 bits per heavy atom. The van der Waals surface area contributed by atoms with Gasteiger partial charge in [0.2, 0.25) is 0 Å². The summed E-state index contributed by atoms with van der Waals surface area (Å²) in [4.78, 5) is 12.0. The van der Waals surface area contributed by atoms with Gasteiger partial charge in [-0.3, -0.25) is 4.90 Å². The highest BCUT2D eigenvalue weighted by Gasteiger charge is 2.54. The Labute approximate surface area is 64.0 Å². The molecule has 2 rings (SSSR count). The second kappa shape index (κ2) is 1.88. The summed E-state index contributed by atoms with van der Waals surface area (Å²) >= 11 is 0. The first kappa shape index (κ1) is 6.47. The van der Waals surface area contributed by atoms with Crippen molar-refractivity contribution in [3.8, 4) is 6.19 Å². The Bertz CT molecular complexity index is 245. The third-order valence-corrected chi connectivity index (χ3v) is 2.50.